The molecule has 0 aromatic rings. The van der Waals surface area contributed by atoms with E-state index < -0.39 is 0 Å². The van der Waals surface area contributed by atoms with Gasteiger partial charge in [0.05, 0.1) is 12.5 Å². The van der Waals surface area contributed by atoms with Crippen molar-refractivity contribution in [3.05, 3.63) is 10.1 Å². The number of hydrogen-bond acceptors (Lipinski definition) is 3. The third-order valence-electron chi connectivity index (χ3n) is 1.03. The summed E-state index contributed by atoms with van der Waals surface area (Å²) in [6.07, 6.45) is 0. The normalized spacial score (nSPS) is 13.0. The minimum atomic E-state index is -0.383. The minimum Gasteiger partial charge on any atom is -0.384 e. The summed E-state index contributed by atoms with van der Waals surface area (Å²) in [6.45, 7) is 0.238. The molecule has 0 amide bonds. The highest BCUT2D eigenvalue weighted by atomic mass is 35.5. The van der Waals surface area contributed by atoms with Crippen LogP contribution in [0, 0.1) is 16.0 Å². The summed E-state index contributed by atoms with van der Waals surface area (Å²) in [5.41, 5.74) is 0. The molecule has 0 saturated heterocycles. The Bertz CT molecular complexity index is 109. The first-order valence-electron chi connectivity index (χ1n) is 2.87. The van der Waals surface area contributed by atoms with E-state index in [9.17, 15) is 10.1 Å². The number of hydrogen-bond donors (Lipinski definition) is 0. The van der Waals surface area contributed by atoms with Gasteiger partial charge in [-0.25, -0.2) is 0 Å². The number of rotatable bonds is 5. The number of nitro groups is 1. The molecule has 10 heavy (non-hydrogen) atoms. The van der Waals surface area contributed by atoms with Gasteiger partial charge in [0.25, 0.3) is 0 Å². The second-order valence-corrected chi connectivity index (χ2v) is 2.30. The molecular formula is C5H10ClNO3. The summed E-state index contributed by atoms with van der Waals surface area (Å²) in [4.78, 5) is 9.55. The molecule has 0 aliphatic carbocycles. The first-order chi connectivity index (χ1) is 4.70. The lowest BCUT2D eigenvalue weighted by atomic mass is 10.2. The highest BCUT2D eigenvalue weighted by Crippen LogP contribution is 1.99. The Hall–Kier alpha value is -0.350. The SMILES string of the molecule is COCC(CCl)C[N+](=O)[O-]. The molecule has 0 radical (unpaired) electrons. The molecule has 0 saturated carbocycles. The van der Waals surface area contributed by atoms with Crippen molar-refractivity contribution in [1.29, 1.82) is 0 Å². The zero-order chi connectivity index (χ0) is 7.98. The fourth-order valence-corrected chi connectivity index (χ4v) is 0.779. The fraction of sp³-hybridized carbons (Fsp3) is 1.00. The van der Waals surface area contributed by atoms with Crippen molar-refractivity contribution in [3.63, 3.8) is 0 Å². The zero-order valence-corrected chi connectivity index (χ0v) is 6.50. The van der Waals surface area contributed by atoms with Crippen LogP contribution in [0.5, 0.6) is 0 Å². The van der Waals surface area contributed by atoms with E-state index in [1.165, 1.54) is 7.11 Å². The van der Waals surface area contributed by atoms with Crippen LogP contribution in [-0.2, 0) is 4.74 Å². The molecule has 0 heterocycles. The number of methoxy groups -OCH3 is 1. The fourth-order valence-electron chi connectivity index (χ4n) is 0.593. The molecular weight excluding hydrogens is 158 g/mol. The maximum Gasteiger partial charge on any atom is 0.210 e. The van der Waals surface area contributed by atoms with Gasteiger partial charge in [-0.2, -0.15) is 0 Å². The van der Waals surface area contributed by atoms with E-state index in [1.54, 1.807) is 0 Å². The summed E-state index contributed by atoms with van der Waals surface area (Å²) >= 11 is 5.41. The Morgan fingerprint density at radius 1 is 1.80 bits per heavy atom. The zero-order valence-electron chi connectivity index (χ0n) is 5.75. The predicted molar refractivity (Wildman–Crippen MR) is 37.9 cm³/mol. The molecule has 1 atom stereocenters. The molecule has 5 heteroatoms. The maximum atomic E-state index is 9.93. The predicted octanol–water partition coefficient (Wildman–Crippen LogP) is 0.764. The van der Waals surface area contributed by atoms with Gasteiger partial charge in [0, 0.05) is 17.9 Å². The molecule has 0 aromatic carbocycles. The second-order valence-electron chi connectivity index (χ2n) is 1.99. The van der Waals surface area contributed by atoms with Crippen LogP contribution in [-0.4, -0.2) is 31.1 Å². The van der Waals surface area contributed by atoms with Gasteiger partial charge < -0.3 is 4.74 Å². The molecule has 4 nitrogen and oxygen atoms in total. The summed E-state index contributed by atoms with van der Waals surface area (Å²) in [7, 11) is 1.50. The van der Waals surface area contributed by atoms with Crippen LogP contribution in [0.3, 0.4) is 0 Å². The lowest BCUT2D eigenvalue weighted by molar-refractivity contribution is -0.487. The van der Waals surface area contributed by atoms with Crippen molar-refractivity contribution in [1.82, 2.24) is 0 Å². The maximum absolute atomic E-state index is 9.93. The topological polar surface area (TPSA) is 52.4 Å². The first-order valence-corrected chi connectivity index (χ1v) is 3.40. The number of halogens is 1. The summed E-state index contributed by atoms with van der Waals surface area (Å²) in [5, 5.41) is 9.93. The molecule has 0 N–H and O–H groups in total. The van der Waals surface area contributed by atoms with Crippen molar-refractivity contribution < 1.29 is 9.66 Å². The minimum absolute atomic E-state index is 0.114. The molecule has 0 rings (SSSR count). The highest BCUT2D eigenvalue weighted by Gasteiger charge is 2.12. The number of nitrogens with zero attached hydrogens (tertiary/aromatic N) is 1. The summed E-state index contributed by atoms with van der Waals surface area (Å²) in [5.74, 6) is 0.108. The lowest BCUT2D eigenvalue weighted by Crippen LogP contribution is -2.20. The van der Waals surface area contributed by atoms with Gasteiger partial charge in [-0.15, -0.1) is 11.6 Å². The molecule has 1 unspecified atom stereocenters. The third kappa shape index (κ3) is 4.52. The average molecular weight is 168 g/mol. The van der Waals surface area contributed by atoms with Crippen LogP contribution in [0.1, 0.15) is 0 Å². The molecule has 0 fully saturated rings. The quantitative estimate of drug-likeness (QED) is 0.345. The van der Waals surface area contributed by atoms with E-state index >= 15 is 0 Å². The van der Waals surface area contributed by atoms with Crippen molar-refractivity contribution in [2.75, 3.05) is 26.1 Å². The van der Waals surface area contributed by atoms with Crippen LogP contribution in [0.4, 0.5) is 0 Å². The van der Waals surface area contributed by atoms with E-state index in [2.05, 4.69) is 0 Å². The monoisotopic (exact) mass is 167 g/mol. The molecule has 0 aliphatic heterocycles. The van der Waals surface area contributed by atoms with Crippen LogP contribution >= 0.6 is 11.6 Å². The van der Waals surface area contributed by atoms with Gasteiger partial charge in [-0.1, -0.05) is 0 Å². The van der Waals surface area contributed by atoms with Gasteiger partial charge in [-0.3, -0.25) is 10.1 Å². The molecule has 60 valence electrons. The smallest absolute Gasteiger partial charge is 0.210 e. The van der Waals surface area contributed by atoms with Gasteiger partial charge in [0.1, 0.15) is 0 Å². The van der Waals surface area contributed by atoms with E-state index in [1.807, 2.05) is 0 Å². The second kappa shape index (κ2) is 5.44. The largest absolute Gasteiger partial charge is 0.384 e. The van der Waals surface area contributed by atoms with Gasteiger partial charge in [0.2, 0.25) is 6.54 Å². The first kappa shape index (κ1) is 9.65. The van der Waals surface area contributed by atoms with E-state index in [0.29, 0.717) is 6.61 Å². The van der Waals surface area contributed by atoms with Crippen molar-refractivity contribution in [2.24, 2.45) is 5.92 Å². The summed E-state index contributed by atoms with van der Waals surface area (Å²) < 4.78 is 4.71. The third-order valence-corrected chi connectivity index (χ3v) is 1.46. The Balaban J connectivity index is 3.49. The van der Waals surface area contributed by atoms with Gasteiger partial charge >= 0.3 is 0 Å². The van der Waals surface area contributed by atoms with Crippen LogP contribution in [0.15, 0.2) is 0 Å². The average Bonchev–Trinajstić information content (AvgIpc) is 1.86. The van der Waals surface area contributed by atoms with Gasteiger partial charge in [-0.05, 0) is 0 Å². The van der Waals surface area contributed by atoms with Crippen LogP contribution in [0.2, 0.25) is 0 Å². The van der Waals surface area contributed by atoms with E-state index in [0.717, 1.165) is 0 Å². The van der Waals surface area contributed by atoms with E-state index in [-0.39, 0.29) is 23.3 Å². The Morgan fingerprint density at radius 3 is 2.70 bits per heavy atom. The molecule has 0 aliphatic rings. The summed E-state index contributed by atoms with van der Waals surface area (Å²) in [6, 6.07) is 0. The molecule has 0 spiro atoms. The van der Waals surface area contributed by atoms with Crippen molar-refractivity contribution in [3.8, 4) is 0 Å². The standard InChI is InChI=1S/C5H10ClNO3/c1-10-4-5(2-6)3-7(8)9/h5H,2-4H2,1H3. The lowest BCUT2D eigenvalue weighted by Gasteiger charge is -2.05. The Morgan fingerprint density at radius 2 is 2.40 bits per heavy atom. The van der Waals surface area contributed by atoms with Gasteiger partial charge in [0.15, 0.2) is 0 Å². The van der Waals surface area contributed by atoms with E-state index in [4.69, 9.17) is 16.3 Å². The Kier molecular flexibility index (Phi) is 5.25. The molecule has 0 aromatic heterocycles. The van der Waals surface area contributed by atoms with Crippen LogP contribution < -0.4 is 0 Å². The Labute approximate surface area is 64.3 Å². The van der Waals surface area contributed by atoms with Crippen molar-refractivity contribution in [2.45, 2.75) is 0 Å². The molecule has 0 bridgehead atoms. The van der Waals surface area contributed by atoms with Crippen molar-refractivity contribution >= 4 is 11.6 Å². The number of ether oxygens (including phenoxy) is 1. The number of alkyl halides is 1. The van der Waals surface area contributed by atoms with Crippen LogP contribution in [0.25, 0.3) is 0 Å². The highest BCUT2D eigenvalue weighted by molar-refractivity contribution is 6.18.